The van der Waals surface area contributed by atoms with Crippen LogP contribution in [0, 0.1) is 0 Å². The summed E-state index contributed by atoms with van der Waals surface area (Å²) < 4.78 is 4.59. The second-order valence-electron chi connectivity index (χ2n) is 4.89. The Labute approximate surface area is 127 Å². The average molecular weight is 307 g/mol. The molecule has 1 fully saturated rings. The van der Waals surface area contributed by atoms with Crippen molar-refractivity contribution in [1.82, 2.24) is 15.3 Å². The van der Waals surface area contributed by atoms with Gasteiger partial charge in [0.1, 0.15) is 0 Å². The first kappa shape index (κ1) is 15.8. The van der Waals surface area contributed by atoms with E-state index in [0.29, 0.717) is 5.01 Å². The Kier molecular flexibility index (Phi) is 4.05. The highest BCUT2D eigenvalue weighted by atomic mass is 16.5. The normalized spacial score (nSPS) is 24.3. The van der Waals surface area contributed by atoms with E-state index >= 15 is 0 Å². The molecule has 3 atom stereocenters. The first-order valence-corrected chi connectivity index (χ1v) is 6.58. The Morgan fingerprint density at radius 3 is 2.32 bits per heavy atom. The lowest BCUT2D eigenvalue weighted by Crippen LogP contribution is -2.49. The van der Waals surface area contributed by atoms with Gasteiger partial charge in [0.25, 0.3) is 5.91 Å². The molecule has 1 saturated heterocycles. The molecule has 0 aliphatic carbocycles. The highest BCUT2D eigenvalue weighted by Crippen LogP contribution is 2.39. The molecule has 3 unspecified atom stereocenters. The first-order valence-electron chi connectivity index (χ1n) is 6.58. The second kappa shape index (κ2) is 5.64. The predicted octanol–water partition coefficient (Wildman–Crippen LogP) is 0.573. The van der Waals surface area contributed by atoms with Crippen LogP contribution in [0.2, 0.25) is 0 Å². The molecular formula is C14H17N3O5. The number of hydrogen-bond donors (Lipinski definition) is 2. The van der Waals surface area contributed by atoms with Crippen molar-refractivity contribution in [3.05, 3.63) is 35.9 Å². The van der Waals surface area contributed by atoms with Gasteiger partial charge in [-0.05, 0) is 12.5 Å². The molecule has 1 aromatic rings. The second-order valence-corrected chi connectivity index (χ2v) is 4.89. The minimum atomic E-state index is -1.97. The lowest BCUT2D eigenvalue weighted by Gasteiger charge is -2.17. The summed E-state index contributed by atoms with van der Waals surface area (Å²) in [7, 11) is 2.43. The molecule has 0 bridgehead atoms. The van der Waals surface area contributed by atoms with E-state index in [1.165, 1.54) is 7.05 Å². The van der Waals surface area contributed by atoms with Crippen LogP contribution in [0.1, 0.15) is 18.5 Å². The van der Waals surface area contributed by atoms with Crippen LogP contribution in [-0.4, -0.2) is 52.9 Å². The Bertz CT molecular complexity index is 606. The largest absolute Gasteiger partial charge is 0.466 e. The summed E-state index contributed by atoms with van der Waals surface area (Å²) in [6.45, 7) is 1.74. The molecule has 0 radical (unpaired) electrons. The fourth-order valence-corrected chi connectivity index (χ4v) is 2.40. The number of esters is 1. The molecule has 8 nitrogen and oxygen atoms in total. The molecule has 0 saturated carbocycles. The molecule has 1 aliphatic heterocycles. The van der Waals surface area contributed by atoms with E-state index in [1.807, 2.05) is 30.3 Å². The molecule has 2 N–H and O–H groups in total. The molecule has 22 heavy (non-hydrogen) atoms. The van der Waals surface area contributed by atoms with Crippen LogP contribution >= 0.6 is 0 Å². The van der Waals surface area contributed by atoms with Gasteiger partial charge in [0, 0.05) is 7.05 Å². The molecule has 1 heterocycles. The highest BCUT2D eigenvalue weighted by molar-refractivity contribution is 6.12. The van der Waals surface area contributed by atoms with Crippen LogP contribution < -0.4 is 5.32 Å². The van der Waals surface area contributed by atoms with Gasteiger partial charge in [0.15, 0.2) is 0 Å². The number of hydrogen-bond acceptors (Lipinski definition) is 5. The maximum Gasteiger partial charge on any atom is 0.424 e. The van der Waals surface area contributed by atoms with Crippen molar-refractivity contribution in [2.45, 2.75) is 18.6 Å². The van der Waals surface area contributed by atoms with Crippen molar-refractivity contribution >= 4 is 18.0 Å². The van der Waals surface area contributed by atoms with Crippen LogP contribution in [0.3, 0.4) is 0 Å². The number of methoxy groups -OCH3 is 1. The Morgan fingerprint density at radius 1 is 1.27 bits per heavy atom. The number of carboxylic acid groups (broad SMARTS) is 1. The molecule has 0 aromatic heterocycles. The van der Waals surface area contributed by atoms with E-state index in [2.05, 4.69) is 10.1 Å². The van der Waals surface area contributed by atoms with Crippen molar-refractivity contribution in [2.75, 3.05) is 14.2 Å². The number of benzene rings is 1. The van der Waals surface area contributed by atoms with Gasteiger partial charge < -0.3 is 15.2 Å². The van der Waals surface area contributed by atoms with Gasteiger partial charge in [-0.3, -0.25) is 4.79 Å². The fraction of sp³-hybridized carbons (Fsp3) is 0.357. The van der Waals surface area contributed by atoms with E-state index in [-0.39, 0.29) is 6.04 Å². The van der Waals surface area contributed by atoms with Gasteiger partial charge in [-0.2, -0.15) is 10.0 Å². The fourth-order valence-electron chi connectivity index (χ4n) is 2.40. The van der Waals surface area contributed by atoms with Crippen molar-refractivity contribution in [3.8, 4) is 0 Å². The van der Waals surface area contributed by atoms with Gasteiger partial charge in [-0.15, -0.1) is 0 Å². The molecule has 1 aliphatic rings. The maximum atomic E-state index is 12.5. The Morgan fingerprint density at radius 2 is 1.86 bits per heavy atom. The zero-order valence-corrected chi connectivity index (χ0v) is 12.4. The van der Waals surface area contributed by atoms with E-state index in [4.69, 9.17) is 5.11 Å². The number of carbonyl (C=O) groups is 3. The van der Waals surface area contributed by atoms with Crippen LogP contribution in [0.5, 0.6) is 0 Å². The lowest BCUT2D eigenvalue weighted by molar-refractivity contribution is -0.150. The number of ether oxygens (including phenoxy) is 1. The Balaban J connectivity index is 2.22. The number of carbonyl (C=O) groups excluding carboxylic acids is 2. The summed E-state index contributed by atoms with van der Waals surface area (Å²) in [4.78, 5) is 35.6. The first-order chi connectivity index (χ1) is 10.4. The molecule has 0 spiro atoms. The number of nitrogens with one attached hydrogen (secondary N) is 1. The quantitative estimate of drug-likeness (QED) is 0.479. The summed E-state index contributed by atoms with van der Waals surface area (Å²) in [5.41, 5.74) is -1.13. The van der Waals surface area contributed by atoms with Crippen LogP contribution in [-0.2, 0) is 14.3 Å². The number of nitrogens with zero attached hydrogens (tertiary/aromatic N) is 2. The molecule has 1 aromatic carbocycles. The smallest absolute Gasteiger partial charge is 0.424 e. The molecule has 2 rings (SSSR count). The topological polar surface area (TPSA) is 98.7 Å². The number of likely N-dealkylation sites (N-methyl/N-ethyl adjacent to an activating group) is 1. The number of amides is 2. The lowest BCUT2D eigenvalue weighted by atomic mass is 10.1. The third kappa shape index (κ3) is 2.27. The van der Waals surface area contributed by atoms with Gasteiger partial charge in [-0.1, -0.05) is 30.3 Å². The molecule has 118 valence electrons. The number of rotatable bonds is 4. The summed E-state index contributed by atoms with van der Waals surface area (Å²) in [5.74, 6) is -1.70. The third-order valence-corrected chi connectivity index (χ3v) is 3.65. The molecule has 2 amide bonds. The van der Waals surface area contributed by atoms with E-state index in [9.17, 15) is 14.4 Å². The minimum absolute atomic E-state index is 0.389. The van der Waals surface area contributed by atoms with Gasteiger partial charge in [0.05, 0.1) is 13.2 Å². The third-order valence-electron chi connectivity index (χ3n) is 3.65. The summed E-state index contributed by atoms with van der Waals surface area (Å²) >= 11 is 0. The van der Waals surface area contributed by atoms with Gasteiger partial charge in [0.2, 0.25) is 0 Å². The molecule has 8 heteroatoms. The standard InChI is InChI=1S/C14H17N3O5/c1-9(10-7-5-4-6-8-10)15-11(18)14(12(19)22-3)16(2)17(14)13(20)21/h4-9H,1-3H3,(H,15,18)(H,20,21). The predicted molar refractivity (Wildman–Crippen MR) is 75.4 cm³/mol. The SMILES string of the molecule is COC(=O)C1(C(=O)NC(C)c2ccccc2)N(C)N1C(=O)O. The monoisotopic (exact) mass is 307 g/mol. The summed E-state index contributed by atoms with van der Waals surface area (Å²) in [6, 6.07) is 8.74. The van der Waals surface area contributed by atoms with Crippen molar-refractivity contribution in [2.24, 2.45) is 0 Å². The average Bonchev–Trinajstić information content (AvgIpc) is 3.14. The summed E-state index contributed by atoms with van der Waals surface area (Å²) in [5, 5.41) is 13.4. The van der Waals surface area contributed by atoms with Crippen LogP contribution in [0.25, 0.3) is 0 Å². The van der Waals surface area contributed by atoms with Crippen molar-refractivity contribution < 1.29 is 24.2 Å². The van der Waals surface area contributed by atoms with Crippen LogP contribution in [0.15, 0.2) is 30.3 Å². The minimum Gasteiger partial charge on any atom is -0.466 e. The Hall–Kier alpha value is -2.61. The zero-order chi connectivity index (χ0) is 16.5. The van der Waals surface area contributed by atoms with Gasteiger partial charge >= 0.3 is 17.7 Å². The van der Waals surface area contributed by atoms with E-state index in [0.717, 1.165) is 17.7 Å². The zero-order valence-electron chi connectivity index (χ0n) is 12.4. The van der Waals surface area contributed by atoms with Crippen molar-refractivity contribution in [3.63, 3.8) is 0 Å². The number of hydrazine groups is 1. The summed E-state index contributed by atoms with van der Waals surface area (Å²) in [6.07, 6.45) is -1.41. The molecular weight excluding hydrogens is 290 g/mol. The van der Waals surface area contributed by atoms with Crippen molar-refractivity contribution in [1.29, 1.82) is 0 Å². The van der Waals surface area contributed by atoms with Crippen LogP contribution in [0.4, 0.5) is 4.79 Å². The van der Waals surface area contributed by atoms with E-state index < -0.39 is 23.6 Å². The van der Waals surface area contributed by atoms with Gasteiger partial charge in [-0.25, -0.2) is 9.59 Å². The highest BCUT2D eigenvalue weighted by Gasteiger charge is 2.74. The van der Waals surface area contributed by atoms with E-state index in [1.54, 1.807) is 6.92 Å². The maximum absolute atomic E-state index is 12.5.